The Kier molecular flexibility index (Phi) is 2.54. The highest BCUT2D eigenvalue weighted by Crippen LogP contribution is 2.32. The fraction of sp³-hybridized carbons (Fsp3) is 0.462. The number of nitro groups is 1. The molecule has 1 aromatic carbocycles. The molecule has 2 aliphatic heterocycles. The Morgan fingerprint density at radius 3 is 2.83 bits per heavy atom. The van der Waals surface area contributed by atoms with Crippen molar-refractivity contribution in [2.75, 3.05) is 0 Å². The zero-order chi connectivity index (χ0) is 12.7. The molecular formula is C13H14N2O3. The number of carbonyl (C=O) groups excluding carboxylic acids is 1. The Hall–Kier alpha value is -1.91. The van der Waals surface area contributed by atoms with Gasteiger partial charge in [-0.05, 0) is 31.2 Å². The van der Waals surface area contributed by atoms with Gasteiger partial charge in [-0.2, -0.15) is 0 Å². The van der Waals surface area contributed by atoms with Crippen molar-refractivity contribution in [1.82, 2.24) is 5.32 Å². The maximum absolute atomic E-state index is 11.8. The van der Waals surface area contributed by atoms with Gasteiger partial charge in [0.15, 0.2) is 0 Å². The van der Waals surface area contributed by atoms with Crippen molar-refractivity contribution < 1.29 is 9.72 Å². The molecule has 1 aromatic rings. The molecule has 5 heteroatoms. The van der Waals surface area contributed by atoms with Gasteiger partial charge in [0.1, 0.15) is 0 Å². The number of rotatable bonds is 1. The average molecular weight is 246 g/mol. The molecule has 1 fully saturated rings. The Morgan fingerprint density at radius 1 is 1.28 bits per heavy atom. The predicted molar refractivity (Wildman–Crippen MR) is 65.2 cm³/mol. The maximum Gasteiger partial charge on any atom is 0.272 e. The lowest BCUT2D eigenvalue weighted by Crippen LogP contribution is -2.47. The third kappa shape index (κ3) is 1.75. The predicted octanol–water partition coefficient (Wildman–Crippen LogP) is 1.59. The first-order chi connectivity index (χ1) is 8.65. The number of nitrogens with zero attached hydrogens (tertiary/aromatic N) is 1. The van der Waals surface area contributed by atoms with E-state index in [1.165, 1.54) is 0 Å². The minimum Gasteiger partial charge on any atom is -0.353 e. The van der Waals surface area contributed by atoms with Gasteiger partial charge in [0.2, 0.25) is 5.91 Å². The van der Waals surface area contributed by atoms with E-state index in [0.717, 1.165) is 24.0 Å². The summed E-state index contributed by atoms with van der Waals surface area (Å²) < 4.78 is 0. The second kappa shape index (κ2) is 4.08. The molecule has 1 N–H and O–H groups in total. The molecule has 18 heavy (non-hydrogen) atoms. The standard InChI is InChI=1S/C13H14N2O3/c16-13-9-4-5-10(14-13)7-11-8(6-9)2-1-3-12(11)15(17)18/h1-3,9-10H,4-7H2,(H,14,16). The maximum atomic E-state index is 11.8. The van der Waals surface area contributed by atoms with E-state index in [1.54, 1.807) is 12.1 Å². The second-order valence-electron chi connectivity index (χ2n) is 5.06. The SMILES string of the molecule is O=C1NC2CCC1Cc1cccc([N+](=O)[O-])c1C2. The van der Waals surface area contributed by atoms with E-state index in [2.05, 4.69) is 5.32 Å². The number of piperidine rings is 1. The van der Waals surface area contributed by atoms with E-state index in [1.807, 2.05) is 6.07 Å². The molecule has 2 unspecified atom stereocenters. The second-order valence-corrected chi connectivity index (χ2v) is 5.06. The number of benzene rings is 1. The van der Waals surface area contributed by atoms with E-state index in [-0.39, 0.29) is 28.5 Å². The molecule has 1 saturated heterocycles. The first-order valence-electron chi connectivity index (χ1n) is 6.20. The molecule has 2 atom stereocenters. The Morgan fingerprint density at radius 2 is 2.11 bits per heavy atom. The van der Waals surface area contributed by atoms with E-state index in [0.29, 0.717) is 12.8 Å². The Bertz CT molecular complexity index is 527. The first kappa shape index (κ1) is 11.2. The number of carbonyl (C=O) groups is 1. The molecule has 0 spiro atoms. The highest BCUT2D eigenvalue weighted by Gasteiger charge is 2.34. The lowest BCUT2D eigenvalue weighted by molar-refractivity contribution is -0.385. The summed E-state index contributed by atoms with van der Waals surface area (Å²) >= 11 is 0. The normalized spacial score (nSPS) is 25.9. The summed E-state index contributed by atoms with van der Waals surface area (Å²) in [5, 5.41) is 14.0. The zero-order valence-electron chi connectivity index (χ0n) is 9.89. The van der Waals surface area contributed by atoms with E-state index in [9.17, 15) is 14.9 Å². The van der Waals surface area contributed by atoms with Gasteiger partial charge in [0, 0.05) is 23.6 Å². The monoisotopic (exact) mass is 246 g/mol. The van der Waals surface area contributed by atoms with Crippen molar-refractivity contribution in [2.45, 2.75) is 31.7 Å². The average Bonchev–Trinajstić information content (AvgIpc) is 2.30. The fourth-order valence-corrected chi connectivity index (χ4v) is 3.00. The van der Waals surface area contributed by atoms with Gasteiger partial charge in [-0.15, -0.1) is 0 Å². The van der Waals surface area contributed by atoms with Crippen LogP contribution in [0, 0.1) is 16.0 Å². The van der Waals surface area contributed by atoms with Gasteiger partial charge in [-0.1, -0.05) is 12.1 Å². The number of fused-ring (bicyclic) bond motifs is 2. The van der Waals surface area contributed by atoms with Crippen molar-refractivity contribution in [3.8, 4) is 0 Å². The van der Waals surface area contributed by atoms with Gasteiger partial charge in [-0.3, -0.25) is 14.9 Å². The largest absolute Gasteiger partial charge is 0.353 e. The summed E-state index contributed by atoms with van der Waals surface area (Å²) in [6, 6.07) is 5.23. The topological polar surface area (TPSA) is 72.2 Å². The van der Waals surface area contributed by atoms with Crippen LogP contribution < -0.4 is 5.32 Å². The molecule has 2 heterocycles. The third-order valence-electron chi connectivity index (χ3n) is 3.94. The minimum absolute atomic E-state index is 0.0256. The van der Waals surface area contributed by atoms with E-state index in [4.69, 9.17) is 0 Å². The summed E-state index contributed by atoms with van der Waals surface area (Å²) in [6.45, 7) is 0. The highest BCUT2D eigenvalue weighted by molar-refractivity contribution is 5.80. The van der Waals surface area contributed by atoms with E-state index < -0.39 is 0 Å². The molecular weight excluding hydrogens is 232 g/mol. The van der Waals surface area contributed by atoms with Crippen LogP contribution in [-0.2, 0) is 17.6 Å². The van der Waals surface area contributed by atoms with Crippen molar-refractivity contribution in [1.29, 1.82) is 0 Å². The molecule has 1 aliphatic carbocycles. The Labute approximate surface area is 104 Å². The number of nitrogens with one attached hydrogen (secondary N) is 1. The Balaban J connectivity index is 2.08. The quantitative estimate of drug-likeness (QED) is 0.604. The van der Waals surface area contributed by atoms with Crippen LogP contribution in [0.2, 0.25) is 0 Å². The first-order valence-corrected chi connectivity index (χ1v) is 6.20. The van der Waals surface area contributed by atoms with Crippen LogP contribution in [-0.4, -0.2) is 16.9 Å². The summed E-state index contributed by atoms with van der Waals surface area (Å²) in [5.74, 6) is 0.0747. The minimum atomic E-state index is -0.323. The smallest absolute Gasteiger partial charge is 0.272 e. The molecule has 1 amide bonds. The number of nitro benzene ring substituents is 1. The van der Waals surface area contributed by atoms with Crippen molar-refractivity contribution in [2.24, 2.45) is 5.92 Å². The van der Waals surface area contributed by atoms with Gasteiger partial charge in [0.05, 0.1) is 4.92 Å². The van der Waals surface area contributed by atoms with Gasteiger partial charge < -0.3 is 5.32 Å². The third-order valence-corrected chi connectivity index (χ3v) is 3.94. The molecule has 5 nitrogen and oxygen atoms in total. The zero-order valence-corrected chi connectivity index (χ0v) is 9.89. The molecule has 4 rings (SSSR count). The molecule has 0 aromatic heterocycles. The molecule has 94 valence electrons. The van der Waals surface area contributed by atoms with Crippen LogP contribution in [0.15, 0.2) is 18.2 Å². The van der Waals surface area contributed by atoms with Crippen molar-refractivity contribution in [3.63, 3.8) is 0 Å². The van der Waals surface area contributed by atoms with Crippen molar-refractivity contribution in [3.05, 3.63) is 39.4 Å². The summed E-state index contributed by atoms with van der Waals surface area (Å²) in [6.07, 6.45) is 3.00. The highest BCUT2D eigenvalue weighted by atomic mass is 16.6. The molecule has 3 aliphatic rings. The fourth-order valence-electron chi connectivity index (χ4n) is 3.00. The summed E-state index contributed by atoms with van der Waals surface area (Å²) in [5.41, 5.74) is 1.96. The lowest BCUT2D eigenvalue weighted by Gasteiger charge is -2.33. The van der Waals surface area contributed by atoms with E-state index >= 15 is 0 Å². The number of amides is 1. The van der Waals surface area contributed by atoms with Crippen LogP contribution in [0.4, 0.5) is 5.69 Å². The lowest BCUT2D eigenvalue weighted by atomic mass is 9.80. The van der Waals surface area contributed by atoms with Crippen LogP contribution in [0.25, 0.3) is 0 Å². The van der Waals surface area contributed by atoms with Gasteiger partial charge in [0.25, 0.3) is 5.69 Å². The number of hydrogen-bond acceptors (Lipinski definition) is 3. The molecule has 0 saturated carbocycles. The summed E-state index contributed by atoms with van der Waals surface area (Å²) in [7, 11) is 0. The van der Waals surface area contributed by atoms with Crippen LogP contribution >= 0.6 is 0 Å². The summed E-state index contributed by atoms with van der Waals surface area (Å²) in [4.78, 5) is 22.5. The number of hydrogen-bond donors (Lipinski definition) is 1. The molecule has 2 bridgehead atoms. The molecule has 0 radical (unpaired) electrons. The van der Waals surface area contributed by atoms with Crippen LogP contribution in [0.1, 0.15) is 24.0 Å². The van der Waals surface area contributed by atoms with Crippen LogP contribution in [0.3, 0.4) is 0 Å². The van der Waals surface area contributed by atoms with Crippen LogP contribution in [0.5, 0.6) is 0 Å². The van der Waals surface area contributed by atoms with Gasteiger partial charge in [-0.25, -0.2) is 0 Å². The van der Waals surface area contributed by atoms with Crippen molar-refractivity contribution >= 4 is 11.6 Å². The van der Waals surface area contributed by atoms with Gasteiger partial charge >= 0.3 is 0 Å².